The maximum Gasteiger partial charge on any atom is 0.390 e. The van der Waals surface area contributed by atoms with Crippen LogP contribution in [0.5, 0.6) is 0 Å². The van der Waals surface area contributed by atoms with Gasteiger partial charge in [0, 0.05) is 13.6 Å². The van der Waals surface area contributed by atoms with Gasteiger partial charge in [0.15, 0.2) is 0 Å². The molecule has 0 saturated heterocycles. The van der Waals surface area contributed by atoms with Gasteiger partial charge in [-0.25, -0.2) is 0 Å². The average molecular weight is 274 g/mol. The molecule has 0 spiro atoms. The van der Waals surface area contributed by atoms with E-state index in [1.165, 1.54) is 7.05 Å². The first-order chi connectivity index (χ1) is 7.29. The number of rotatable bonds is 3. The van der Waals surface area contributed by atoms with Gasteiger partial charge in [0.1, 0.15) is 0 Å². The van der Waals surface area contributed by atoms with Gasteiger partial charge >= 0.3 is 6.18 Å². The molecule has 4 nitrogen and oxygen atoms in total. The summed E-state index contributed by atoms with van der Waals surface area (Å²) in [5.74, 6) is -0.617. The molecule has 0 saturated carbocycles. The second-order valence-corrected chi connectivity index (χ2v) is 4.51. The van der Waals surface area contributed by atoms with Crippen molar-refractivity contribution in [3.8, 4) is 0 Å². The van der Waals surface area contributed by atoms with Crippen LogP contribution in [-0.2, 0) is 0 Å². The molecule has 1 amide bonds. The molecular weight excluding hydrogens is 267 g/mol. The van der Waals surface area contributed by atoms with Crippen LogP contribution in [0.2, 0.25) is 4.47 Å². The fourth-order valence-corrected chi connectivity index (χ4v) is 1.67. The molecule has 1 aromatic rings. The highest BCUT2D eigenvalue weighted by molar-refractivity contribution is 7.17. The second kappa shape index (κ2) is 4.96. The molecule has 1 rings (SSSR count). The highest BCUT2D eigenvalue weighted by atomic mass is 35.5. The van der Waals surface area contributed by atoms with Crippen molar-refractivity contribution < 1.29 is 18.0 Å². The van der Waals surface area contributed by atoms with Crippen molar-refractivity contribution >= 4 is 28.8 Å². The molecule has 0 radical (unpaired) electrons. The van der Waals surface area contributed by atoms with E-state index in [4.69, 9.17) is 11.6 Å². The number of carbonyl (C=O) groups excluding carboxylic acids is 1. The molecule has 16 heavy (non-hydrogen) atoms. The summed E-state index contributed by atoms with van der Waals surface area (Å²) < 4.78 is 35.8. The van der Waals surface area contributed by atoms with Crippen molar-refractivity contribution in [3.05, 3.63) is 9.47 Å². The summed E-state index contributed by atoms with van der Waals surface area (Å²) in [4.78, 5) is 12.4. The van der Waals surface area contributed by atoms with Crippen LogP contribution < -0.4 is 0 Å². The number of amides is 1. The quantitative estimate of drug-likeness (QED) is 0.848. The van der Waals surface area contributed by atoms with Crippen molar-refractivity contribution in [2.75, 3.05) is 13.6 Å². The predicted octanol–water partition coefficient (Wildman–Crippen LogP) is 2.22. The summed E-state index contributed by atoms with van der Waals surface area (Å²) in [6, 6.07) is 0. The molecule has 1 aromatic heterocycles. The molecule has 0 atom stereocenters. The molecular formula is C7H7ClF3N3OS. The van der Waals surface area contributed by atoms with Gasteiger partial charge in [-0.15, -0.1) is 10.2 Å². The SMILES string of the molecule is CN(CCC(F)(F)F)C(=O)c1nnc(Cl)s1. The van der Waals surface area contributed by atoms with Crippen molar-refractivity contribution in [2.45, 2.75) is 12.6 Å². The lowest BCUT2D eigenvalue weighted by molar-refractivity contribution is -0.136. The van der Waals surface area contributed by atoms with E-state index in [0.717, 1.165) is 16.2 Å². The minimum absolute atomic E-state index is 0.0188. The Hall–Kier alpha value is -0.890. The number of hydrogen-bond donors (Lipinski definition) is 0. The third-order valence-electron chi connectivity index (χ3n) is 1.66. The first kappa shape index (κ1) is 13.2. The van der Waals surface area contributed by atoms with E-state index in [9.17, 15) is 18.0 Å². The Kier molecular flexibility index (Phi) is 4.09. The summed E-state index contributed by atoms with van der Waals surface area (Å²) in [5.41, 5.74) is 0. The van der Waals surface area contributed by atoms with E-state index in [2.05, 4.69) is 10.2 Å². The zero-order valence-corrected chi connectivity index (χ0v) is 9.66. The van der Waals surface area contributed by atoms with Gasteiger partial charge in [-0.3, -0.25) is 4.79 Å². The minimum atomic E-state index is -4.28. The number of aromatic nitrogens is 2. The van der Waals surface area contributed by atoms with Crippen LogP contribution in [0.1, 0.15) is 16.2 Å². The first-order valence-corrected chi connectivity index (χ1v) is 5.30. The first-order valence-electron chi connectivity index (χ1n) is 4.11. The van der Waals surface area contributed by atoms with Crippen LogP contribution in [0, 0.1) is 0 Å². The van der Waals surface area contributed by atoms with Gasteiger partial charge in [0.05, 0.1) is 6.42 Å². The Morgan fingerprint density at radius 1 is 1.50 bits per heavy atom. The molecule has 0 fully saturated rings. The van der Waals surface area contributed by atoms with E-state index in [1.54, 1.807) is 0 Å². The van der Waals surface area contributed by atoms with Crippen molar-refractivity contribution in [3.63, 3.8) is 0 Å². The molecule has 0 aliphatic heterocycles. The number of nitrogens with zero attached hydrogens (tertiary/aromatic N) is 3. The molecule has 0 bridgehead atoms. The predicted molar refractivity (Wildman–Crippen MR) is 52.6 cm³/mol. The average Bonchev–Trinajstić information content (AvgIpc) is 2.59. The Labute approximate surface area is 98.0 Å². The van der Waals surface area contributed by atoms with Crippen LogP contribution in [0.4, 0.5) is 13.2 Å². The molecule has 0 N–H and O–H groups in total. The lowest BCUT2D eigenvalue weighted by Crippen LogP contribution is -2.30. The normalized spacial score (nSPS) is 11.6. The Bertz CT molecular complexity index is 381. The van der Waals surface area contributed by atoms with Crippen molar-refractivity contribution in [1.82, 2.24) is 15.1 Å². The number of hydrogen-bond acceptors (Lipinski definition) is 4. The van der Waals surface area contributed by atoms with Crippen LogP contribution >= 0.6 is 22.9 Å². The Morgan fingerprint density at radius 2 is 2.12 bits per heavy atom. The zero-order valence-electron chi connectivity index (χ0n) is 8.08. The summed E-state index contributed by atoms with van der Waals surface area (Å²) in [7, 11) is 1.27. The van der Waals surface area contributed by atoms with Crippen LogP contribution in [0.15, 0.2) is 0 Å². The van der Waals surface area contributed by atoms with E-state index < -0.39 is 25.0 Å². The molecule has 0 aliphatic carbocycles. The molecule has 9 heteroatoms. The third-order valence-corrected chi connectivity index (χ3v) is 2.67. The maximum atomic E-state index is 11.9. The topological polar surface area (TPSA) is 46.1 Å². The van der Waals surface area contributed by atoms with Gasteiger partial charge in [-0.1, -0.05) is 11.3 Å². The number of alkyl halides is 3. The van der Waals surface area contributed by atoms with Gasteiger partial charge < -0.3 is 4.90 Å². The van der Waals surface area contributed by atoms with E-state index in [0.29, 0.717) is 0 Å². The summed E-state index contributed by atoms with van der Waals surface area (Å²) >= 11 is 6.28. The third kappa shape index (κ3) is 3.93. The lowest BCUT2D eigenvalue weighted by Gasteiger charge is -2.16. The second-order valence-electron chi connectivity index (χ2n) is 2.95. The van der Waals surface area contributed by atoms with Crippen molar-refractivity contribution in [1.29, 1.82) is 0 Å². The lowest BCUT2D eigenvalue weighted by atomic mass is 10.4. The number of carbonyl (C=O) groups is 1. The smallest absolute Gasteiger partial charge is 0.339 e. The van der Waals surface area contributed by atoms with Crippen LogP contribution in [0.3, 0.4) is 0 Å². The maximum absolute atomic E-state index is 11.9. The summed E-state index contributed by atoms with van der Waals surface area (Å²) in [6.07, 6.45) is -5.34. The van der Waals surface area contributed by atoms with Crippen LogP contribution in [0.25, 0.3) is 0 Å². The van der Waals surface area contributed by atoms with Gasteiger partial charge in [0.25, 0.3) is 5.91 Å². The molecule has 0 aliphatic rings. The monoisotopic (exact) mass is 273 g/mol. The molecule has 0 aromatic carbocycles. The fraction of sp³-hybridized carbons (Fsp3) is 0.571. The van der Waals surface area contributed by atoms with Gasteiger partial charge in [0.2, 0.25) is 9.47 Å². The minimum Gasteiger partial charge on any atom is -0.339 e. The highest BCUT2D eigenvalue weighted by Gasteiger charge is 2.28. The van der Waals surface area contributed by atoms with E-state index in [-0.39, 0.29) is 9.47 Å². The standard InChI is InChI=1S/C7H7ClF3N3OS/c1-14(3-2-7(9,10)11)5(15)4-12-13-6(8)16-4/h2-3H2,1H3. The summed E-state index contributed by atoms with van der Waals surface area (Å²) in [6.45, 7) is -0.417. The van der Waals surface area contributed by atoms with Gasteiger partial charge in [-0.2, -0.15) is 13.2 Å². The largest absolute Gasteiger partial charge is 0.390 e. The summed E-state index contributed by atoms with van der Waals surface area (Å²) in [5, 5.41) is 6.82. The molecule has 90 valence electrons. The fourth-order valence-electron chi connectivity index (χ4n) is 0.851. The Balaban J connectivity index is 2.55. The zero-order chi connectivity index (χ0) is 12.3. The van der Waals surface area contributed by atoms with Gasteiger partial charge in [-0.05, 0) is 11.6 Å². The molecule has 0 unspecified atom stereocenters. The number of halogens is 4. The van der Waals surface area contributed by atoms with Crippen LogP contribution in [-0.4, -0.2) is 40.8 Å². The highest BCUT2D eigenvalue weighted by Crippen LogP contribution is 2.21. The van der Waals surface area contributed by atoms with E-state index >= 15 is 0 Å². The van der Waals surface area contributed by atoms with E-state index in [1.807, 2.05) is 0 Å². The Morgan fingerprint density at radius 3 is 2.56 bits per heavy atom. The van der Waals surface area contributed by atoms with Crippen molar-refractivity contribution in [2.24, 2.45) is 0 Å². The molecule has 1 heterocycles.